The van der Waals surface area contributed by atoms with Crippen molar-refractivity contribution in [1.82, 2.24) is 21.1 Å². The topological polar surface area (TPSA) is 152 Å². The Morgan fingerprint density at radius 1 is 1.39 bits per heavy atom. The number of nitrogens with zero attached hydrogens (tertiary/aromatic N) is 2. The van der Waals surface area contributed by atoms with Gasteiger partial charge in [-0.15, -0.1) is 0 Å². The smallest absolute Gasteiger partial charge is 0.322 e. The number of aliphatic imine (C=N–C) groups is 1. The first-order valence-corrected chi connectivity index (χ1v) is 9.32. The van der Waals surface area contributed by atoms with E-state index in [0.29, 0.717) is 17.2 Å². The Hall–Kier alpha value is -3.17. The van der Waals surface area contributed by atoms with Crippen LogP contribution in [0.4, 0.5) is 4.79 Å². The second kappa shape index (κ2) is 7.10. The minimum atomic E-state index is -1.10. The summed E-state index contributed by atoms with van der Waals surface area (Å²) in [5, 5.41) is 11.4. The number of imide groups is 1. The number of rotatable bonds is 8. The Kier molecular flexibility index (Phi) is 4.62. The van der Waals surface area contributed by atoms with E-state index in [1.165, 1.54) is 25.1 Å². The van der Waals surface area contributed by atoms with Crippen molar-refractivity contribution in [2.24, 2.45) is 22.6 Å². The number of carbonyl (C=O) groups is 3. The van der Waals surface area contributed by atoms with Crippen molar-refractivity contribution in [1.29, 1.82) is 0 Å². The van der Waals surface area contributed by atoms with Gasteiger partial charge < -0.3 is 20.9 Å². The van der Waals surface area contributed by atoms with Crippen molar-refractivity contribution in [3.8, 4) is 0 Å². The predicted molar refractivity (Wildman–Crippen MR) is 99.2 cm³/mol. The Morgan fingerprint density at radius 2 is 2.18 bits per heavy atom. The van der Waals surface area contributed by atoms with Gasteiger partial charge in [-0.2, -0.15) is 0 Å². The van der Waals surface area contributed by atoms with Gasteiger partial charge in [0.15, 0.2) is 0 Å². The van der Waals surface area contributed by atoms with Gasteiger partial charge in [0, 0.05) is 30.6 Å². The summed E-state index contributed by atoms with van der Waals surface area (Å²) in [7, 11) is 0. The lowest BCUT2D eigenvalue weighted by molar-refractivity contribution is -0.124. The molecular weight excluding hydrogens is 364 g/mol. The highest BCUT2D eigenvalue weighted by atomic mass is 16.5. The van der Waals surface area contributed by atoms with Crippen molar-refractivity contribution >= 4 is 29.6 Å². The fourth-order valence-electron chi connectivity index (χ4n) is 3.26. The van der Waals surface area contributed by atoms with Crippen LogP contribution in [0.3, 0.4) is 0 Å². The summed E-state index contributed by atoms with van der Waals surface area (Å²) in [5.41, 5.74) is 5.48. The van der Waals surface area contributed by atoms with Gasteiger partial charge in [-0.05, 0) is 37.5 Å². The third kappa shape index (κ3) is 3.62. The second-order valence-corrected chi connectivity index (χ2v) is 7.47. The molecule has 3 fully saturated rings. The lowest BCUT2D eigenvalue weighted by atomic mass is 9.93. The third-order valence-corrected chi connectivity index (χ3v) is 5.27. The molecule has 3 aliphatic rings. The molecule has 0 bridgehead atoms. The molecule has 2 saturated carbocycles. The maximum atomic E-state index is 12.4. The number of nitrogens with one attached hydrogen (secondary N) is 3. The van der Waals surface area contributed by atoms with Crippen LogP contribution in [0.15, 0.2) is 21.8 Å². The predicted octanol–water partition coefficient (Wildman–Crippen LogP) is 0.173. The molecule has 2 aliphatic carbocycles. The van der Waals surface area contributed by atoms with E-state index in [9.17, 15) is 14.4 Å². The van der Waals surface area contributed by atoms with Crippen molar-refractivity contribution < 1.29 is 18.9 Å². The quantitative estimate of drug-likeness (QED) is 0.369. The molecule has 1 aromatic heterocycles. The van der Waals surface area contributed by atoms with Crippen LogP contribution in [-0.4, -0.2) is 47.8 Å². The highest BCUT2D eigenvalue weighted by molar-refractivity contribution is 6.09. The van der Waals surface area contributed by atoms with E-state index in [0.717, 1.165) is 19.4 Å². The van der Waals surface area contributed by atoms with Gasteiger partial charge >= 0.3 is 6.03 Å². The van der Waals surface area contributed by atoms with E-state index in [4.69, 9.17) is 10.3 Å². The zero-order chi connectivity index (χ0) is 19.7. The van der Waals surface area contributed by atoms with Crippen LogP contribution < -0.4 is 21.7 Å². The molecule has 4 amide bonds. The Labute approximate surface area is 161 Å². The number of aromatic nitrogens is 1. The summed E-state index contributed by atoms with van der Waals surface area (Å²) in [6.07, 6.45) is 7.03. The van der Waals surface area contributed by atoms with Crippen LogP contribution in [0.5, 0.6) is 0 Å². The molecule has 1 saturated heterocycles. The number of hydrogen-bond donors (Lipinski definition) is 4. The normalized spacial score (nSPS) is 25.1. The first-order chi connectivity index (χ1) is 13.5. The first kappa shape index (κ1) is 18.2. The van der Waals surface area contributed by atoms with Crippen molar-refractivity contribution in [3.05, 3.63) is 23.7 Å². The minimum absolute atomic E-state index is 0.0130. The fourth-order valence-corrected chi connectivity index (χ4v) is 3.26. The zero-order valence-electron chi connectivity index (χ0n) is 15.2. The molecule has 5 N–H and O–H groups in total. The van der Waals surface area contributed by atoms with Gasteiger partial charge in [-0.3, -0.25) is 19.9 Å². The molecule has 0 radical (unpaired) electrons. The average Bonchev–Trinajstić information content (AvgIpc) is 3.60. The highest BCUT2D eigenvalue weighted by Gasteiger charge is 2.56. The van der Waals surface area contributed by atoms with Crippen LogP contribution >= 0.6 is 0 Å². The number of carbonyl (C=O) groups excluding carboxylic acids is 3. The van der Waals surface area contributed by atoms with E-state index in [2.05, 4.69) is 26.1 Å². The molecule has 2 heterocycles. The molecule has 1 aliphatic heterocycles. The highest BCUT2D eigenvalue weighted by Crippen LogP contribution is 2.41. The number of allylic oxidation sites excluding steroid dienone is 1. The number of hydrogen-bond acceptors (Lipinski definition) is 7. The van der Waals surface area contributed by atoms with Gasteiger partial charge in [0.25, 0.3) is 11.8 Å². The van der Waals surface area contributed by atoms with E-state index in [-0.39, 0.29) is 18.2 Å². The third-order valence-electron chi connectivity index (χ3n) is 5.27. The molecular formula is C18H22N6O4. The summed E-state index contributed by atoms with van der Waals surface area (Å²) < 4.78 is 5.11. The monoisotopic (exact) mass is 386 g/mol. The Morgan fingerprint density at radius 3 is 2.79 bits per heavy atom. The number of amides is 4. The minimum Gasteiger partial charge on any atom is -0.404 e. The maximum absolute atomic E-state index is 12.4. The molecule has 4 rings (SSSR count). The molecule has 148 valence electrons. The van der Waals surface area contributed by atoms with Gasteiger partial charge in [0.05, 0.1) is 6.54 Å². The molecule has 28 heavy (non-hydrogen) atoms. The fraction of sp³-hybridized carbons (Fsp3) is 0.500. The van der Waals surface area contributed by atoms with Gasteiger partial charge in [-0.25, -0.2) is 4.79 Å². The summed E-state index contributed by atoms with van der Waals surface area (Å²) in [4.78, 5) is 40.5. The molecule has 0 aromatic carbocycles. The van der Waals surface area contributed by atoms with Gasteiger partial charge in [0.1, 0.15) is 11.2 Å². The van der Waals surface area contributed by atoms with Crippen LogP contribution in [-0.2, 0) is 4.79 Å². The second-order valence-electron chi connectivity index (χ2n) is 7.47. The maximum Gasteiger partial charge on any atom is 0.322 e. The van der Waals surface area contributed by atoms with Crippen LogP contribution in [0.1, 0.15) is 41.9 Å². The SMILES string of the molecule is NC=C(C=NCC1CC1)c1cc(C(=O)NC[C@@]2(C3CC3)NC(=O)NC2=O)on1. The van der Waals surface area contributed by atoms with E-state index >= 15 is 0 Å². The molecule has 10 nitrogen and oxygen atoms in total. The number of urea groups is 1. The summed E-state index contributed by atoms with van der Waals surface area (Å²) in [6, 6.07) is 0.921. The van der Waals surface area contributed by atoms with Crippen molar-refractivity contribution in [3.63, 3.8) is 0 Å². The molecule has 0 unspecified atom stereocenters. The zero-order valence-corrected chi connectivity index (χ0v) is 15.2. The summed E-state index contributed by atoms with van der Waals surface area (Å²) >= 11 is 0. The summed E-state index contributed by atoms with van der Waals surface area (Å²) in [6.45, 7) is 0.728. The van der Waals surface area contributed by atoms with Crippen molar-refractivity contribution in [2.45, 2.75) is 31.2 Å². The number of nitrogens with two attached hydrogens (primary N) is 1. The van der Waals surface area contributed by atoms with Gasteiger partial charge in [-0.1, -0.05) is 5.16 Å². The molecule has 1 atom stereocenters. The average molecular weight is 386 g/mol. The largest absolute Gasteiger partial charge is 0.404 e. The lowest BCUT2D eigenvalue weighted by Crippen LogP contribution is -2.57. The van der Waals surface area contributed by atoms with E-state index < -0.39 is 23.4 Å². The summed E-state index contributed by atoms with van der Waals surface area (Å²) in [5.74, 6) is -0.293. The standard InChI is InChI=1S/C18H22N6O4/c19-6-11(8-20-7-10-1-2-10)13-5-14(28-24-13)15(25)21-9-18(12-3-4-12)16(26)22-17(27)23-18/h5-6,8,10,12H,1-4,7,9,19H2,(H,21,25)(H2,22,23,26,27)/t18-/m0/s1. The van der Waals surface area contributed by atoms with E-state index in [1.807, 2.05) is 0 Å². The van der Waals surface area contributed by atoms with Crippen molar-refractivity contribution in [2.75, 3.05) is 13.1 Å². The van der Waals surface area contributed by atoms with E-state index in [1.54, 1.807) is 6.21 Å². The Bertz CT molecular complexity index is 867. The van der Waals surface area contributed by atoms with Crippen LogP contribution in [0.2, 0.25) is 0 Å². The molecule has 1 aromatic rings. The molecule has 0 spiro atoms. The van der Waals surface area contributed by atoms with Crippen LogP contribution in [0.25, 0.3) is 5.57 Å². The molecule has 10 heteroatoms. The van der Waals surface area contributed by atoms with Crippen LogP contribution in [0, 0.1) is 11.8 Å². The lowest BCUT2D eigenvalue weighted by Gasteiger charge is -2.25. The Balaban J connectivity index is 1.39. The first-order valence-electron chi connectivity index (χ1n) is 9.32. The van der Waals surface area contributed by atoms with Gasteiger partial charge in [0.2, 0.25) is 5.76 Å².